The Morgan fingerprint density at radius 3 is 2.44 bits per heavy atom. The number of rotatable bonds is 11. The summed E-state index contributed by atoms with van der Waals surface area (Å²) in [5.74, 6) is 0.154. The fourth-order valence-corrected chi connectivity index (χ4v) is 6.35. The number of nitrogens with zero attached hydrogens (tertiary/aromatic N) is 3. The Morgan fingerprint density at radius 1 is 1.15 bits per heavy atom. The molecule has 222 valence electrons. The van der Waals surface area contributed by atoms with Crippen LogP contribution in [0.15, 0.2) is 47.4 Å². The molecule has 11 nitrogen and oxygen atoms in total. The Kier molecular flexibility index (Phi) is 9.35. The number of imidazole rings is 1. The van der Waals surface area contributed by atoms with Gasteiger partial charge in [0.15, 0.2) is 6.61 Å². The van der Waals surface area contributed by atoms with Gasteiger partial charge in [-0.15, -0.1) is 0 Å². The van der Waals surface area contributed by atoms with Crippen LogP contribution in [0.4, 0.5) is 11.4 Å². The number of fused-ring (bicyclic) bond motifs is 1. The van der Waals surface area contributed by atoms with E-state index < -0.39 is 34.1 Å². The summed E-state index contributed by atoms with van der Waals surface area (Å²) < 4.78 is 46.9. The molecule has 0 radical (unpaired) electrons. The molecule has 2 aromatic carbocycles. The van der Waals surface area contributed by atoms with Crippen LogP contribution in [-0.2, 0) is 46.0 Å². The minimum atomic E-state index is -3.92. The lowest BCUT2D eigenvalue weighted by Crippen LogP contribution is -2.30. The molecule has 1 amide bonds. The first-order valence-electron chi connectivity index (χ1n) is 13.7. The summed E-state index contributed by atoms with van der Waals surface area (Å²) in [5.41, 5.74) is 1.85. The number of amides is 1. The predicted molar refractivity (Wildman–Crippen MR) is 155 cm³/mol. The summed E-state index contributed by atoms with van der Waals surface area (Å²) in [6, 6.07) is 11.4. The fraction of sp³-hybridized carbons (Fsp3) is 0.483. The van der Waals surface area contributed by atoms with Gasteiger partial charge < -0.3 is 24.1 Å². The molecule has 2 heterocycles. The highest BCUT2D eigenvalue weighted by Gasteiger charge is 2.30. The van der Waals surface area contributed by atoms with Crippen molar-refractivity contribution in [3.05, 3.63) is 48.3 Å². The van der Waals surface area contributed by atoms with E-state index in [0.717, 1.165) is 43.9 Å². The molecule has 4 rings (SSSR count). The lowest BCUT2D eigenvalue weighted by molar-refractivity contribution is -0.144. The number of methoxy groups -OCH3 is 1. The minimum absolute atomic E-state index is 0.0729. The first-order chi connectivity index (χ1) is 19.5. The number of anilines is 2. The number of carbonyl (C=O) groups excluding carboxylic acids is 2. The zero-order valence-electron chi connectivity index (χ0n) is 24.2. The lowest BCUT2D eigenvalue weighted by Gasteiger charge is -2.27. The molecule has 0 aliphatic carbocycles. The predicted octanol–water partition coefficient (Wildman–Crippen LogP) is 4.06. The van der Waals surface area contributed by atoms with Crippen molar-refractivity contribution in [1.82, 2.24) is 9.55 Å². The van der Waals surface area contributed by atoms with Crippen LogP contribution in [0.5, 0.6) is 0 Å². The van der Waals surface area contributed by atoms with E-state index in [1.54, 1.807) is 26.2 Å². The summed E-state index contributed by atoms with van der Waals surface area (Å²) in [7, 11) is -2.26. The topological polar surface area (TPSA) is 129 Å². The van der Waals surface area contributed by atoms with Crippen LogP contribution in [0.25, 0.3) is 11.0 Å². The van der Waals surface area contributed by atoms with E-state index in [9.17, 15) is 18.0 Å². The summed E-state index contributed by atoms with van der Waals surface area (Å²) >= 11 is 0. The molecular weight excluding hydrogens is 548 g/mol. The smallest absolute Gasteiger partial charge is 0.303 e. The molecule has 1 aromatic heterocycles. The van der Waals surface area contributed by atoms with Gasteiger partial charge in [0.25, 0.3) is 15.9 Å². The molecule has 41 heavy (non-hydrogen) atoms. The largest absolute Gasteiger partial charge is 0.456 e. The third-order valence-electron chi connectivity index (χ3n) is 7.27. The van der Waals surface area contributed by atoms with Crippen LogP contribution in [0.1, 0.15) is 46.4 Å². The number of hydrogen-bond acceptors (Lipinski definition) is 8. The Labute approximate surface area is 240 Å². The average molecular weight is 587 g/mol. The summed E-state index contributed by atoms with van der Waals surface area (Å²) in [6.07, 6.45) is 1.95. The number of benzene rings is 2. The zero-order valence-corrected chi connectivity index (χ0v) is 25.0. The minimum Gasteiger partial charge on any atom is -0.456 e. The van der Waals surface area contributed by atoms with Crippen molar-refractivity contribution < 1.29 is 32.2 Å². The van der Waals surface area contributed by atoms with E-state index in [4.69, 9.17) is 14.5 Å². The number of hydrogen-bond donors (Lipinski definition) is 1. The lowest BCUT2D eigenvalue weighted by atomic mass is 9.99. The maximum absolute atomic E-state index is 13.7. The SMILES string of the molecule is CCN(c1ccc2c(c1)nc(C(C)(C)OC)n2CC1CCOCC1)S(=O)(=O)c1ccc(NC(=O)COC(C)=O)cc1. The molecule has 12 heteroatoms. The van der Waals surface area contributed by atoms with Gasteiger partial charge in [-0.1, -0.05) is 0 Å². The van der Waals surface area contributed by atoms with E-state index in [1.165, 1.54) is 35.5 Å². The molecule has 1 saturated heterocycles. The van der Waals surface area contributed by atoms with Crippen LogP contribution in [0, 0.1) is 5.92 Å². The van der Waals surface area contributed by atoms with Gasteiger partial charge >= 0.3 is 5.97 Å². The van der Waals surface area contributed by atoms with E-state index in [1.807, 2.05) is 19.9 Å². The van der Waals surface area contributed by atoms with Gasteiger partial charge in [0.2, 0.25) is 0 Å². The van der Waals surface area contributed by atoms with Gasteiger partial charge in [-0.3, -0.25) is 13.9 Å². The van der Waals surface area contributed by atoms with Crippen molar-refractivity contribution in [2.75, 3.05) is 43.1 Å². The molecule has 0 bridgehead atoms. The van der Waals surface area contributed by atoms with Gasteiger partial charge in [0.05, 0.1) is 21.6 Å². The maximum Gasteiger partial charge on any atom is 0.303 e. The van der Waals surface area contributed by atoms with Crippen molar-refractivity contribution in [2.24, 2.45) is 5.92 Å². The molecule has 0 unspecified atom stereocenters. The van der Waals surface area contributed by atoms with Gasteiger partial charge in [-0.25, -0.2) is 13.4 Å². The van der Waals surface area contributed by atoms with Crippen molar-refractivity contribution in [3.8, 4) is 0 Å². The van der Waals surface area contributed by atoms with Crippen LogP contribution >= 0.6 is 0 Å². The average Bonchev–Trinajstić information content (AvgIpc) is 3.31. The number of nitrogens with one attached hydrogen (secondary N) is 1. The Hall–Kier alpha value is -3.48. The molecule has 1 aliphatic heterocycles. The highest BCUT2D eigenvalue weighted by molar-refractivity contribution is 7.92. The van der Waals surface area contributed by atoms with Crippen LogP contribution in [0.3, 0.4) is 0 Å². The molecule has 0 spiro atoms. The van der Waals surface area contributed by atoms with E-state index in [0.29, 0.717) is 22.8 Å². The quantitative estimate of drug-likeness (QED) is 0.333. The first-order valence-corrected chi connectivity index (χ1v) is 15.1. The van der Waals surface area contributed by atoms with Gasteiger partial charge in [-0.05, 0) is 82.0 Å². The number of carbonyl (C=O) groups is 2. The Bertz CT molecular complexity index is 1490. The summed E-state index contributed by atoms with van der Waals surface area (Å²) in [6.45, 7) is 8.98. The number of aromatic nitrogens is 2. The van der Waals surface area contributed by atoms with Crippen LogP contribution in [-0.4, -0.2) is 63.3 Å². The van der Waals surface area contributed by atoms with Gasteiger partial charge in [0, 0.05) is 46.0 Å². The normalized spacial score (nSPS) is 14.7. The van der Waals surface area contributed by atoms with Gasteiger partial charge in [0.1, 0.15) is 11.4 Å². The Balaban J connectivity index is 1.63. The van der Waals surface area contributed by atoms with Crippen molar-refractivity contribution >= 4 is 44.3 Å². The molecule has 3 aromatic rings. The second-order valence-electron chi connectivity index (χ2n) is 10.5. The molecule has 1 N–H and O–H groups in total. The van der Waals surface area contributed by atoms with Crippen LogP contribution in [0.2, 0.25) is 0 Å². The number of sulfonamides is 1. The van der Waals surface area contributed by atoms with Crippen molar-refractivity contribution in [1.29, 1.82) is 0 Å². The Morgan fingerprint density at radius 2 is 1.83 bits per heavy atom. The third kappa shape index (κ3) is 6.88. The number of ether oxygens (including phenoxy) is 3. The highest BCUT2D eigenvalue weighted by Crippen LogP contribution is 2.33. The molecule has 1 aliphatic rings. The molecule has 1 fully saturated rings. The highest BCUT2D eigenvalue weighted by atomic mass is 32.2. The first kappa shape index (κ1) is 30.5. The van der Waals surface area contributed by atoms with Crippen molar-refractivity contribution in [2.45, 2.75) is 57.6 Å². The zero-order chi connectivity index (χ0) is 29.8. The molecule has 0 saturated carbocycles. The van der Waals surface area contributed by atoms with E-state index in [-0.39, 0.29) is 11.4 Å². The van der Waals surface area contributed by atoms with Gasteiger partial charge in [-0.2, -0.15) is 0 Å². The second kappa shape index (κ2) is 12.6. The molecular formula is C29H38N4O7S. The number of esters is 1. The summed E-state index contributed by atoms with van der Waals surface area (Å²) in [4.78, 5) is 27.8. The van der Waals surface area contributed by atoms with E-state index in [2.05, 4.69) is 14.6 Å². The standard InChI is InChI=1S/C29H38N4O7S/c1-6-33(41(36,37)24-10-7-22(8-11-24)30-27(35)19-40-20(2)34)23-9-12-26-25(17-23)31-28(29(3,4)38-5)32(26)18-21-13-15-39-16-14-21/h7-12,17,21H,6,13-16,18-19H2,1-5H3,(H,30,35). The van der Waals surface area contributed by atoms with Crippen molar-refractivity contribution in [3.63, 3.8) is 0 Å². The van der Waals surface area contributed by atoms with E-state index >= 15 is 0 Å². The van der Waals surface area contributed by atoms with Crippen LogP contribution < -0.4 is 9.62 Å². The third-order valence-corrected chi connectivity index (χ3v) is 9.19. The maximum atomic E-state index is 13.7. The summed E-state index contributed by atoms with van der Waals surface area (Å²) in [5, 5.41) is 2.57. The molecule has 0 atom stereocenters. The fourth-order valence-electron chi connectivity index (χ4n) is 4.89. The second-order valence-corrected chi connectivity index (χ2v) is 12.4. The monoisotopic (exact) mass is 586 g/mol.